The monoisotopic (exact) mass is 467 g/mol. The molecule has 5 nitrogen and oxygen atoms in total. The maximum atomic E-state index is 13.5. The lowest BCUT2D eigenvalue weighted by molar-refractivity contribution is -0.270. The van der Waals surface area contributed by atoms with Crippen LogP contribution in [-0.4, -0.2) is 30.8 Å². The first kappa shape index (κ1) is 22.7. The maximum absolute atomic E-state index is 13.5. The van der Waals surface area contributed by atoms with Crippen LogP contribution in [-0.2, 0) is 17.4 Å². The molecule has 8 heteroatoms. The van der Waals surface area contributed by atoms with Crippen molar-refractivity contribution in [2.45, 2.75) is 24.8 Å². The molecular weight excluding hydrogens is 445 g/mol. The number of rotatable bonds is 7. The summed E-state index contributed by atoms with van der Waals surface area (Å²) in [4.78, 5) is 13.8. The molecule has 1 unspecified atom stereocenters. The molecule has 3 aromatic rings. The summed E-state index contributed by atoms with van der Waals surface area (Å²) in [5.74, 6) is 1.38. The quantitative estimate of drug-likeness (QED) is 0.481. The summed E-state index contributed by atoms with van der Waals surface area (Å²) >= 11 is 12.6. The molecule has 3 rings (SSSR count). The molecule has 160 valence electrons. The predicted octanol–water partition coefficient (Wildman–Crippen LogP) is 4.46. The zero-order chi connectivity index (χ0) is 22.0. The van der Waals surface area contributed by atoms with Crippen molar-refractivity contribution in [3.05, 3.63) is 56.3 Å². The fraction of sp³-hybridized carbons (Fsp3) is 0.318. The zero-order valence-electron chi connectivity index (χ0n) is 17.3. The van der Waals surface area contributed by atoms with E-state index >= 15 is 0 Å². The first-order chi connectivity index (χ1) is 14.3. The van der Waals surface area contributed by atoms with Gasteiger partial charge in [0.15, 0.2) is 11.5 Å². The van der Waals surface area contributed by atoms with Crippen molar-refractivity contribution in [2.75, 3.05) is 26.2 Å². The van der Waals surface area contributed by atoms with Crippen LogP contribution in [0.1, 0.15) is 18.9 Å². The second kappa shape index (κ2) is 9.41. The highest BCUT2D eigenvalue weighted by Gasteiger charge is 2.25. The Hall–Kier alpha value is -2.02. The van der Waals surface area contributed by atoms with Crippen molar-refractivity contribution < 1.29 is 14.6 Å². The fourth-order valence-electron chi connectivity index (χ4n) is 3.44. The van der Waals surface area contributed by atoms with Gasteiger partial charge in [0.1, 0.15) is 12.0 Å². The molecule has 2 aromatic carbocycles. The van der Waals surface area contributed by atoms with Crippen molar-refractivity contribution in [1.29, 1.82) is 0 Å². The third-order valence-electron chi connectivity index (χ3n) is 4.90. The number of fused-ring (bicyclic) bond motifs is 1. The van der Waals surface area contributed by atoms with Gasteiger partial charge in [0.2, 0.25) is 4.90 Å². The fourth-order valence-corrected chi connectivity index (χ4v) is 5.47. The van der Waals surface area contributed by atoms with E-state index in [1.165, 1.54) is 14.2 Å². The number of ether oxygens (including phenoxy) is 2. The van der Waals surface area contributed by atoms with E-state index in [1.54, 1.807) is 28.8 Å². The molecule has 1 heterocycles. The Morgan fingerprint density at radius 2 is 1.80 bits per heavy atom. The van der Waals surface area contributed by atoms with E-state index in [4.69, 9.17) is 32.7 Å². The molecule has 30 heavy (non-hydrogen) atoms. The van der Waals surface area contributed by atoms with Crippen molar-refractivity contribution in [2.24, 2.45) is 0 Å². The third-order valence-corrected chi connectivity index (χ3v) is 7.84. The third kappa shape index (κ3) is 4.09. The average molecular weight is 468 g/mol. The van der Waals surface area contributed by atoms with Gasteiger partial charge in [-0.25, -0.2) is 0 Å². The number of hydrogen-bond donors (Lipinski definition) is 0. The SMILES string of the molecule is CCC[S+](C)c1c([O-])c2cc(OC)c(OC)cc2n(Cc2cccc(Cl)c2Cl)c1=O. The largest absolute Gasteiger partial charge is 0.868 e. The lowest BCUT2D eigenvalue weighted by atomic mass is 10.1. The normalized spacial score (nSPS) is 12.2. The molecular formula is C22H23Cl2NO4S. The Bertz CT molecular complexity index is 1150. The highest BCUT2D eigenvalue weighted by Crippen LogP contribution is 2.37. The highest BCUT2D eigenvalue weighted by atomic mass is 35.5. The first-order valence-corrected chi connectivity index (χ1v) is 11.9. The van der Waals surface area contributed by atoms with Crippen LogP contribution < -0.4 is 20.1 Å². The van der Waals surface area contributed by atoms with Crippen LogP contribution in [0, 0.1) is 0 Å². The van der Waals surface area contributed by atoms with Gasteiger partial charge >= 0.3 is 5.56 Å². The molecule has 0 fully saturated rings. The van der Waals surface area contributed by atoms with E-state index in [9.17, 15) is 9.90 Å². The minimum atomic E-state index is -0.483. The standard InChI is InChI=1S/C22H23Cl2NO4S/c1-5-9-30(4)21-20(26)14-10-17(28-2)18(29-3)11-16(14)25(22(21)27)12-13-7-6-8-15(23)19(13)24/h6-8,10-11H,5,9,12H2,1-4H3. The minimum absolute atomic E-state index is 0.181. The lowest BCUT2D eigenvalue weighted by Crippen LogP contribution is -2.29. The van der Waals surface area contributed by atoms with Crippen LogP contribution in [0.2, 0.25) is 10.0 Å². The Morgan fingerprint density at radius 3 is 2.43 bits per heavy atom. The molecule has 0 N–H and O–H groups in total. The molecule has 0 aliphatic rings. The van der Waals surface area contributed by atoms with Gasteiger partial charge in [-0.15, -0.1) is 0 Å². The number of methoxy groups -OCH3 is 2. The highest BCUT2D eigenvalue weighted by molar-refractivity contribution is 7.96. The van der Waals surface area contributed by atoms with Crippen LogP contribution in [0.25, 0.3) is 10.9 Å². The second-order valence-electron chi connectivity index (χ2n) is 6.83. The zero-order valence-corrected chi connectivity index (χ0v) is 19.6. The van der Waals surface area contributed by atoms with Gasteiger partial charge in [-0.05, 0) is 35.3 Å². The topological polar surface area (TPSA) is 63.5 Å². The van der Waals surface area contributed by atoms with E-state index in [1.807, 2.05) is 19.2 Å². The van der Waals surface area contributed by atoms with Crippen molar-refractivity contribution >= 4 is 45.0 Å². The number of halogens is 2. The smallest absolute Gasteiger partial charge is 0.306 e. The van der Waals surface area contributed by atoms with E-state index in [2.05, 4.69) is 0 Å². The van der Waals surface area contributed by atoms with Gasteiger partial charge < -0.3 is 14.6 Å². The van der Waals surface area contributed by atoms with Crippen LogP contribution in [0.15, 0.2) is 40.0 Å². The molecule has 0 bridgehead atoms. The van der Waals surface area contributed by atoms with Crippen LogP contribution in [0.5, 0.6) is 17.2 Å². The van der Waals surface area contributed by atoms with Crippen molar-refractivity contribution in [1.82, 2.24) is 4.57 Å². The summed E-state index contributed by atoms with van der Waals surface area (Å²) in [6.07, 6.45) is 2.81. The molecule has 0 aliphatic heterocycles. The van der Waals surface area contributed by atoms with E-state index in [0.29, 0.717) is 42.9 Å². The first-order valence-electron chi connectivity index (χ1n) is 9.38. The molecule has 0 spiro atoms. The van der Waals surface area contributed by atoms with Gasteiger partial charge in [0, 0.05) is 17.0 Å². The Labute approximate surface area is 188 Å². The van der Waals surface area contributed by atoms with Crippen molar-refractivity contribution in [3.8, 4) is 17.2 Å². The molecule has 1 atom stereocenters. The van der Waals surface area contributed by atoms with Crippen LogP contribution in [0.4, 0.5) is 0 Å². The van der Waals surface area contributed by atoms with E-state index in [-0.39, 0.29) is 17.9 Å². The summed E-state index contributed by atoms with van der Waals surface area (Å²) in [5.41, 5.74) is 0.851. The molecule has 0 amide bonds. The molecule has 0 radical (unpaired) electrons. The Kier molecular flexibility index (Phi) is 7.11. The number of nitrogens with zero attached hydrogens (tertiary/aromatic N) is 1. The van der Waals surface area contributed by atoms with E-state index in [0.717, 1.165) is 12.2 Å². The van der Waals surface area contributed by atoms with Crippen LogP contribution >= 0.6 is 23.2 Å². The summed E-state index contributed by atoms with van der Waals surface area (Å²) in [6, 6.07) is 8.59. The maximum Gasteiger partial charge on any atom is 0.306 e. The number of benzene rings is 2. The van der Waals surface area contributed by atoms with Crippen LogP contribution in [0.3, 0.4) is 0 Å². The molecule has 1 aromatic heterocycles. The van der Waals surface area contributed by atoms with Gasteiger partial charge in [0.05, 0.1) is 36.3 Å². The molecule has 0 saturated carbocycles. The lowest BCUT2D eigenvalue weighted by Gasteiger charge is -2.21. The summed E-state index contributed by atoms with van der Waals surface area (Å²) in [5, 5.41) is 14.5. The molecule has 0 saturated heterocycles. The van der Waals surface area contributed by atoms with E-state index < -0.39 is 10.9 Å². The minimum Gasteiger partial charge on any atom is -0.868 e. The number of hydrogen-bond acceptors (Lipinski definition) is 4. The number of aromatic nitrogens is 1. The second-order valence-corrected chi connectivity index (χ2v) is 9.70. The Balaban J connectivity index is 2.37. The van der Waals surface area contributed by atoms with Crippen molar-refractivity contribution in [3.63, 3.8) is 0 Å². The van der Waals surface area contributed by atoms with Gasteiger partial charge in [-0.2, -0.15) is 0 Å². The molecule has 0 aliphatic carbocycles. The predicted molar refractivity (Wildman–Crippen MR) is 123 cm³/mol. The average Bonchev–Trinajstić information content (AvgIpc) is 2.73. The summed E-state index contributed by atoms with van der Waals surface area (Å²) < 4.78 is 12.4. The van der Waals surface area contributed by atoms with Gasteiger partial charge in [0.25, 0.3) is 0 Å². The summed E-state index contributed by atoms with van der Waals surface area (Å²) in [7, 11) is 2.54. The number of pyridine rings is 1. The van der Waals surface area contributed by atoms with Gasteiger partial charge in [-0.3, -0.25) is 9.36 Å². The summed E-state index contributed by atoms with van der Waals surface area (Å²) in [6.45, 7) is 2.22. The van der Waals surface area contributed by atoms with Gasteiger partial charge in [-0.1, -0.05) is 42.3 Å². The Morgan fingerprint density at radius 1 is 1.13 bits per heavy atom.